The maximum Gasteiger partial charge on any atom is 0.179 e. The first-order valence-electron chi connectivity index (χ1n) is 9.86. The molecule has 0 spiro atoms. The number of hydrogen-bond donors (Lipinski definition) is 2. The zero-order valence-corrected chi connectivity index (χ0v) is 16.2. The smallest absolute Gasteiger partial charge is 0.179 e. The average Bonchev–Trinajstić information content (AvgIpc) is 3.03. The molecule has 2 N–H and O–H groups in total. The molecule has 2 saturated carbocycles. The highest BCUT2D eigenvalue weighted by Gasteiger charge is 2.40. The van der Waals surface area contributed by atoms with Gasteiger partial charge in [0.05, 0.1) is 11.7 Å². The highest BCUT2D eigenvalue weighted by atomic mass is 32.2. The Kier molecular flexibility index (Phi) is 4.16. The van der Waals surface area contributed by atoms with E-state index >= 15 is 0 Å². The van der Waals surface area contributed by atoms with Gasteiger partial charge in [-0.25, -0.2) is 4.98 Å². The normalized spacial score (nSPS) is 31.2. The summed E-state index contributed by atoms with van der Waals surface area (Å²) >= 11 is 1.98. The molecule has 3 aromatic heterocycles. The molecular weight excluding hydrogens is 344 g/mol. The summed E-state index contributed by atoms with van der Waals surface area (Å²) in [6.07, 6.45) is 10.0. The van der Waals surface area contributed by atoms with Crippen molar-refractivity contribution >= 4 is 28.8 Å². The van der Waals surface area contributed by atoms with Gasteiger partial charge in [0.1, 0.15) is 5.82 Å². The molecule has 2 aliphatic rings. The molecule has 0 bridgehead atoms. The first-order chi connectivity index (χ1) is 12.8. The number of H-pyrrole nitrogens is 1. The highest BCUT2D eigenvalue weighted by molar-refractivity contribution is 7.98. The van der Waals surface area contributed by atoms with Crippen LogP contribution in [-0.4, -0.2) is 35.9 Å². The Morgan fingerprint density at radius 1 is 1.19 bits per heavy atom. The van der Waals surface area contributed by atoms with Crippen LogP contribution in [0.2, 0.25) is 0 Å². The highest BCUT2D eigenvalue weighted by Crippen LogP contribution is 2.45. The predicted octanol–water partition coefficient (Wildman–Crippen LogP) is 3.91. The number of aromatic nitrogens is 5. The van der Waals surface area contributed by atoms with Crippen LogP contribution in [0.4, 0.5) is 0 Å². The fraction of sp³-hybridized carbons (Fsp3) is 0.632. The third kappa shape index (κ3) is 2.72. The van der Waals surface area contributed by atoms with Crippen LogP contribution >= 0.6 is 11.9 Å². The van der Waals surface area contributed by atoms with Crippen molar-refractivity contribution in [2.24, 2.45) is 11.8 Å². The van der Waals surface area contributed by atoms with E-state index in [1.807, 2.05) is 24.3 Å². The van der Waals surface area contributed by atoms with Crippen LogP contribution in [0.3, 0.4) is 0 Å². The molecule has 0 saturated heterocycles. The fourth-order valence-electron chi connectivity index (χ4n) is 4.60. The number of aromatic amines is 1. The van der Waals surface area contributed by atoms with Crippen LogP contribution in [0.1, 0.15) is 57.7 Å². The molecule has 5 atom stereocenters. The molecule has 0 aromatic carbocycles. The van der Waals surface area contributed by atoms with E-state index in [-0.39, 0.29) is 0 Å². The zero-order chi connectivity index (χ0) is 17.7. The number of rotatable bonds is 6. The molecule has 6 nitrogen and oxygen atoms in total. The van der Waals surface area contributed by atoms with Crippen LogP contribution in [0, 0.1) is 11.8 Å². The van der Waals surface area contributed by atoms with Gasteiger partial charge in [-0.3, -0.25) is 9.12 Å². The van der Waals surface area contributed by atoms with E-state index < -0.39 is 0 Å². The van der Waals surface area contributed by atoms with E-state index in [1.165, 1.54) is 25.7 Å². The monoisotopic (exact) mass is 370 g/mol. The first-order valence-corrected chi connectivity index (χ1v) is 10.7. The largest absolute Gasteiger partial charge is 0.345 e. The lowest BCUT2D eigenvalue weighted by atomic mass is 9.93. The van der Waals surface area contributed by atoms with Crippen molar-refractivity contribution in [1.29, 1.82) is 0 Å². The molecule has 0 aliphatic heterocycles. The minimum Gasteiger partial charge on any atom is -0.345 e. The molecule has 2 fully saturated rings. The van der Waals surface area contributed by atoms with Gasteiger partial charge in [0, 0.05) is 23.4 Å². The summed E-state index contributed by atoms with van der Waals surface area (Å²) < 4.78 is 5.99. The number of nitrogens with one attached hydrogen (secondary N) is 2. The van der Waals surface area contributed by atoms with Crippen LogP contribution < -0.4 is 4.72 Å². The van der Waals surface area contributed by atoms with Crippen LogP contribution in [0.25, 0.3) is 16.8 Å². The fourth-order valence-corrected chi connectivity index (χ4v) is 5.89. The molecule has 0 amide bonds. The molecule has 138 valence electrons. The van der Waals surface area contributed by atoms with Gasteiger partial charge in [0.25, 0.3) is 0 Å². The van der Waals surface area contributed by atoms with Crippen molar-refractivity contribution in [3.05, 3.63) is 24.3 Å². The molecule has 3 heterocycles. The predicted molar refractivity (Wildman–Crippen MR) is 105 cm³/mol. The molecule has 7 heteroatoms. The summed E-state index contributed by atoms with van der Waals surface area (Å²) in [4.78, 5) is 7.64. The number of fused-ring (bicyclic) bond motifs is 3. The Morgan fingerprint density at radius 2 is 2.08 bits per heavy atom. The van der Waals surface area contributed by atoms with E-state index in [1.54, 1.807) is 0 Å². The second-order valence-corrected chi connectivity index (χ2v) is 8.92. The van der Waals surface area contributed by atoms with Crippen molar-refractivity contribution in [2.45, 2.75) is 63.2 Å². The lowest BCUT2D eigenvalue weighted by molar-refractivity contribution is 0.449. The maximum absolute atomic E-state index is 4.60. The Hall–Kier alpha value is -1.60. The summed E-state index contributed by atoms with van der Waals surface area (Å²) in [5, 5.41) is 9.83. The Balaban J connectivity index is 1.40. The van der Waals surface area contributed by atoms with E-state index in [9.17, 15) is 0 Å². The minimum atomic E-state index is 0.453. The average molecular weight is 371 g/mol. The van der Waals surface area contributed by atoms with Crippen molar-refractivity contribution < 1.29 is 0 Å². The Morgan fingerprint density at radius 3 is 2.88 bits per heavy atom. The summed E-state index contributed by atoms with van der Waals surface area (Å²) in [5.41, 5.74) is 2.82. The number of nitrogens with zero attached hydrogens (tertiary/aromatic N) is 4. The Labute approximate surface area is 157 Å². The standard InChI is InChI=1S/C19H26N6S/c1-3-11-7-13(24-26-16-8-12(16)4-2)9-14(11)19-23-22-17-10-21-18-15(25(17)19)5-6-20-18/h5-6,10-14,16,20,24H,3-4,7-9H2,1-2H3. The third-order valence-electron chi connectivity index (χ3n) is 6.29. The first kappa shape index (κ1) is 16.6. The van der Waals surface area contributed by atoms with Crippen LogP contribution in [-0.2, 0) is 0 Å². The van der Waals surface area contributed by atoms with E-state index in [2.05, 4.69) is 49.2 Å². The quantitative estimate of drug-likeness (QED) is 0.644. The van der Waals surface area contributed by atoms with Gasteiger partial charge in [-0.1, -0.05) is 38.6 Å². The molecule has 5 rings (SSSR count). The van der Waals surface area contributed by atoms with Crippen LogP contribution in [0.15, 0.2) is 18.5 Å². The SMILES string of the molecule is CCC1CC1SNC1CC(CC)C(c2nnc3cnc4[nH]ccc4n23)C1. The molecule has 26 heavy (non-hydrogen) atoms. The summed E-state index contributed by atoms with van der Waals surface area (Å²) in [7, 11) is 0. The molecule has 2 aliphatic carbocycles. The third-order valence-corrected chi connectivity index (χ3v) is 7.64. The molecule has 0 radical (unpaired) electrons. The Bertz CT molecular complexity index is 917. The van der Waals surface area contributed by atoms with Gasteiger partial charge in [0.15, 0.2) is 11.3 Å². The van der Waals surface area contributed by atoms with E-state index in [0.717, 1.165) is 40.2 Å². The lowest BCUT2D eigenvalue weighted by Gasteiger charge is -2.16. The summed E-state index contributed by atoms with van der Waals surface area (Å²) in [6.45, 7) is 4.61. The zero-order valence-electron chi connectivity index (χ0n) is 15.4. The maximum atomic E-state index is 4.60. The lowest BCUT2D eigenvalue weighted by Crippen LogP contribution is -2.20. The second-order valence-electron chi connectivity index (χ2n) is 7.84. The van der Waals surface area contributed by atoms with Gasteiger partial charge in [-0.05, 0) is 37.2 Å². The van der Waals surface area contributed by atoms with Crippen molar-refractivity contribution in [2.75, 3.05) is 0 Å². The number of hydrogen-bond acceptors (Lipinski definition) is 5. The minimum absolute atomic E-state index is 0.453. The molecular formula is C19H26N6S. The van der Waals surface area contributed by atoms with Crippen molar-refractivity contribution in [3.8, 4) is 0 Å². The van der Waals surface area contributed by atoms with Crippen LogP contribution in [0.5, 0.6) is 0 Å². The summed E-state index contributed by atoms with van der Waals surface area (Å²) in [5.74, 6) is 3.14. The van der Waals surface area contributed by atoms with Crippen molar-refractivity contribution in [1.82, 2.24) is 29.3 Å². The van der Waals surface area contributed by atoms with Gasteiger partial charge in [-0.2, -0.15) is 0 Å². The molecule has 5 unspecified atom stereocenters. The molecule has 3 aromatic rings. The van der Waals surface area contributed by atoms with E-state index in [0.29, 0.717) is 17.9 Å². The second kappa shape index (κ2) is 6.53. The van der Waals surface area contributed by atoms with Gasteiger partial charge < -0.3 is 4.98 Å². The van der Waals surface area contributed by atoms with E-state index in [4.69, 9.17) is 0 Å². The topological polar surface area (TPSA) is 70.9 Å². The summed E-state index contributed by atoms with van der Waals surface area (Å²) in [6, 6.07) is 2.64. The van der Waals surface area contributed by atoms with Gasteiger partial charge in [0.2, 0.25) is 0 Å². The van der Waals surface area contributed by atoms with Gasteiger partial charge in [-0.15, -0.1) is 10.2 Å². The van der Waals surface area contributed by atoms with Gasteiger partial charge >= 0.3 is 0 Å². The van der Waals surface area contributed by atoms with Crippen molar-refractivity contribution in [3.63, 3.8) is 0 Å².